The highest BCUT2D eigenvalue weighted by Crippen LogP contribution is 2.32. The minimum Gasteiger partial charge on any atom is -0.455 e. The Labute approximate surface area is 182 Å². The molecule has 0 saturated carbocycles. The molecule has 1 fully saturated rings. The van der Waals surface area contributed by atoms with Crippen LogP contribution in [-0.2, 0) is 11.3 Å². The van der Waals surface area contributed by atoms with Gasteiger partial charge in [0.1, 0.15) is 5.76 Å². The van der Waals surface area contributed by atoms with Crippen LogP contribution in [-0.4, -0.2) is 50.8 Å². The van der Waals surface area contributed by atoms with Crippen molar-refractivity contribution in [2.45, 2.75) is 40.2 Å². The lowest BCUT2D eigenvalue weighted by atomic mass is 10.1. The Morgan fingerprint density at radius 2 is 2.07 bits per heavy atom. The van der Waals surface area contributed by atoms with Crippen molar-refractivity contribution >= 4 is 5.69 Å². The molecule has 5 nitrogen and oxygen atoms in total. The molecule has 0 bridgehead atoms. The van der Waals surface area contributed by atoms with Crippen LogP contribution in [0, 0.1) is 6.92 Å². The zero-order valence-electron chi connectivity index (χ0n) is 19.0. The first-order chi connectivity index (χ1) is 14.7. The number of morpholine rings is 1. The van der Waals surface area contributed by atoms with Crippen LogP contribution >= 0.6 is 0 Å². The fourth-order valence-corrected chi connectivity index (χ4v) is 3.38. The van der Waals surface area contributed by atoms with Gasteiger partial charge in [-0.2, -0.15) is 0 Å². The van der Waals surface area contributed by atoms with E-state index in [2.05, 4.69) is 48.1 Å². The van der Waals surface area contributed by atoms with Crippen LogP contribution in [0.5, 0.6) is 5.75 Å². The second kappa shape index (κ2) is 14.0. The van der Waals surface area contributed by atoms with E-state index in [-0.39, 0.29) is 0 Å². The monoisotopic (exact) mass is 413 g/mol. The van der Waals surface area contributed by atoms with Crippen molar-refractivity contribution < 1.29 is 9.47 Å². The lowest BCUT2D eigenvalue weighted by Crippen LogP contribution is -2.40. The molecule has 0 aliphatic carbocycles. The minimum atomic E-state index is 0.813. The normalized spacial score (nSPS) is 15.5. The first-order valence-electron chi connectivity index (χ1n) is 11.2. The van der Waals surface area contributed by atoms with E-state index < -0.39 is 0 Å². The predicted molar refractivity (Wildman–Crippen MR) is 127 cm³/mol. The molecule has 1 aliphatic rings. The van der Waals surface area contributed by atoms with Gasteiger partial charge in [0.05, 0.1) is 18.9 Å². The Balaban J connectivity index is 2.03. The fraction of sp³-hybridized carbons (Fsp3) is 0.520. The van der Waals surface area contributed by atoms with Crippen LogP contribution in [0.3, 0.4) is 0 Å². The summed E-state index contributed by atoms with van der Waals surface area (Å²) in [5, 5.41) is 7.16. The highest BCUT2D eigenvalue weighted by atomic mass is 16.5. The lowest BCUT2D eigenvalue weighted by molar-refractivity contribution is 0.0384. The fourth-order valence-electron chi connectivity index (χ4n) is 3.38. The zero-order chi connectivity index (χ0) is 21.6. The van der Waals surface area contributed by atoms with Crippen molar-refractivity contribution in [3.05, 3.63) is 59.9 Å². The number of hydrogen-bond donors (Lipinski definition) is 2. The Bertz CT molecular complexity index is 707. The summed E-state index contributed by atoms with van der Waals surface area (Å²) in [6.45, 7) is 17.6. The standard InChI is InChI=1S/C25H39N3O2/c1-5-8-10-23(7-3)30-25-21(4)18-22(19-24(25)27-11-9-6-2)20-26-12-13-28-14-16-29-17-15-28/h5,7-8,10,18-19,26-27H,1,6,9,11-17,20H2,2-4H3/b10-8-,23-7+. The lowest BCUT2D eigenvalue weighted by Gasteiger charge is -2.26. The molecule has 1 saturated heterocycles. The van der Waals surface area contributed by atoms with Crippen LogP contribution in [0.4, 0.5) is 5.69 Å². The van der Waals surface area contributed by atoms with Crippen molar-refractivity contribution in [1.82, 2.24) is 10.2 Å². The van der Waals surface area contributed by atoms with E-state index in [1.54, 1.807) is 6.08 Å². The van der Waals surface area contributed by atoms with E-state index in [9.17, 15) is 0 Å². The maximum Gasteiger partial charge on any atom is 0.153 e. The predicted octanol–water partition coefficient (Wildman–Crippen LogP) is 4.65. The van der Waals surface area contributed by atoms with Crippen molar-refractivity contribution in [3.8, 4) is 5.75 Å². The maximum atomic E-state index is 6.24. The number of allylic oxidation sites excluding steroid dienone is 4. The third kappa shape index (κ3) is 8.34. The number of ether oxygens (including phenoxy) is 2. The second-order valence-electron chi connectivity index (χ2n) is 7.59. The van der Waals surface area contributed by atoms with Crippen molar-refractivity contribution in [2.24, 2.45) is 0 Å². The average molecular weight is 414 g/mol. The van der Waals surface area contributed by atoms with E-state index in [4.69, 9.17) is 9.47 Å². The summed E-state index contributed by atoms with van der Waals surface area (Å²) in [6.07, 6.45) is 9.84. The van der Waals surface area contributed by atoms with E-state index >= 15 is 0 Å². The summed E-state index contributed by atoms with van der Waals surface area (Å²) in [4.78, 5) is 2.45. The molecule has 1 aliphatic heterocycles. The summed E-state index contributed by atoms with van der Waals surface area (Å²) in [5.41, 5.74) is 3.46. The zero-order valence-corrected chi connectivity index (χ0v) is 19.0. The van der Waals surface area contributed by atoms with Gasteiger partial charge in [-0.15, -0.1) is 0 Å². The third-order valence-corrected chi connectivity index (χ3v) is 5.12. The van der Waals surface area contributed by atoms with Crippen molar-refractivity contribution in [2.75, 3.05) is 51.3 Å². The Hall–Kier alpha value is -2.08. The number of anilines is 1. The maximum absolute atomic E-state index is 6.24. The van der Waals surface area contributed by atoms with Crippen molar-refractivity contribution in [3.63, 3.8) is 0 Å². The molecule has 5 heteroatoms. The summed E-state index contributed by atoms with van der Waals surface area (Å²) >= 11 is 0. The van der Waals surface area contributed by atoms with Gasteiger partial charge in [0.15, 0.2) is 5.75 Å². The number of nitrogens with one attached hydrogen (secondary N) is 2. The smallest absolute Gasteiger partial charge is 0.153 e. The van der Waals surface area contributed by atoms with E-state index in [0.29, 0.717) is 0 Å². The number of unbranched alkanes of at least 4 members (excludes halogenated alkanes) is 1. The molecule has 1 heterocycles. The number of aryl methyl sites for hydroxylation is 1. The van der Waals surface area contributed by atoms with E-state index in [0.717, 1.165) is 88.1 Å². The number of rotatable bonds is 13. The van der Waals surface area contributed by atoms with Gasteiger partial charge < -0.3 is 20.1 Å². The van der Waals surface area contributed by atoms with Crippen LogP contribution in [0.25, 0.3) is 0 Å². The number of benzene rings is 1. The minimum absolute atomic E-state index is 0.813. The van der Waals surface area contributed by atoms with Crippen LogP contribution in [0.2, 0.25) is 0 Å². The van der Waals surface area contributed by atoms with Gasteiger partial charge in [-0.25, -0.2) is 0 Å². The molecule has 0 spiro atoms. The largest absolute Gasteiger partial charge is 0.455 e. The summed E-state index contributed by atoms with van der Waals surface area (Å²) in [5.74, 6) is 1.71. The Morgan fingerprint density at radius 1 is 1.27 bits per heavy atom. The van der Waals surface area contributed by atoms with E-state index in [1.807, 2.05) is 25.2 Å². The topological polar surface area (TPSA) is 45.8 Å². The summed E-state index contributed by atoms with van der Waals surface area (Å²) in [6, 6.07) is 4.43. The molecule has 2 N–H and O–H groups in total. The Kier molecular flexibility index (Phi) is 11.3. The molecule has 0 unspecified atom stereocenters. The average Bonchev–Trinajstić information content (AvgIpc) is 2.76. The van der Waals surface area contributed by atoms with Gasteiger partial charge >= 0.3 is 0 Å². The van der Waals surface area contributed by atoms with Gasteiger partial charge in [0.2, 0.25) is 0 Å². The highest BCUT2D eigenvalue weighted by Gasteiger charge is 2.12. The first kappa shape index (κ1) is 24.2. The van der Waals surface area contributed by atoms with Gasteiger partial charge in [-0.05, 0) is 49.6 Å². The van der Waals surface area contributed by atoms with Gasteiger partial charge in [0, 0.05) is 39.3 Å². The molecule has 0 aromatic heterocycles. The SMILES string of the molecule is C=C/C=C\C(=C/C)Oc1c(C)cc(CNCCN2CCOCC2)cc1NCCCC. The van der Waals surface area contributed by atoms with Gasteiger partial charge in [-0.1, -0.05) is 38.1 Å². The third-order valence-electron chi connectivity index (χ3n) is 5.12. The summed E-state index contributed by atoms with van der Waals surface area (Å²) in [7, 11) is 0. The highest BCUT2D eigenvalue weighted by molar-refractivity contribution is 5.62. The molecule has 0 radical (unpaired) electrons. The molecule has 1 aromatic rings. The number of hydrogen-bond acceptors (Lipinski definition) is 5. The molecule has 0 amide bonds. The molecular formula is C25H39N3O2. The molecule has 2 rings (SSSR count). The molecular weight excluding hydrogens is 374 g/mol. The van der Waals surface area contributed by atoms with Crippen LogP contribution in [0.15, 0.2) is 48.8 Å². The first-order valence-corrected chi connectivity index (χ1v) is 11.2. The van der Waals surface area contributed by atoms with E-state index in [1.165, 1.54) is 5.56 Å². The molecule has 30 heavy (non-hydrogen) atoms. The summed E-state index contributed by atoms with van der Waals surface area (Å²) < 4.78 is 11.7. The van der Waals surface area contributed by atoms with Gasteiger partial charge in [0.25, 0.3) is 0 Å². The van der Waals surface area contributed by atoms with Crippen LogP contribution in [0.1, 0.15) is 37.8 Å². The second-order valence-corrected chi connectivity index (χ2v) is 7.59. The Morgan fingerprint density at radius 3 is 2.77 bits per heavy atom. The van der Waals surface area contributed by atoms with Crippen LogP contribution < -0.4 is 15.4 Å². The molecule has 166 valence electrons. The molecule has 0 atom stereocenters. The van der Waals surface area contributed by atoms with Gasteiger partial charge in [-0.3, -0.25) is 4.90 Å². The van der Waals surface area contributed by atoms with Crippen molar-refractivity contribution in [1.29, 1.82) is 0 Å². The molecule has 1 aromatic carbocycles. The number of nitrogens with zero attached hydrogens (tertiary/aromatic N) is 1. The quantitative estimate of drug-likeness (QED) is 0.280.